The standard InChI is InChI=1S/C14H18O2/c15-14(16)3-1-2-13-11-5-9-4-10(7-11)8-12(13)6-9/h9-13H,3-8H2,(H,15,16). The Kier molecular flexibility index (Phi) is 2.42. The van der Waals surface area contributed by atoms with Crippen LogP contribution in [0.3, 0.4) is 0 Å². The van der Waals surface area contributed by atoms with Gasteiger partial charge in [-0.25, -0.2) is 0 Å². The minimum atomic E-state index is -0.795. The van der Waals surface area contributed by atoms with Crippen molar-refractivity contribution >= 4 is 5.97 Å². The first kappa shape index (κ1) is 10.2. The molecule has 0 radical (unpaired) electrons. The van der Waals surface area contributed by atoms with Gasteiger partial charge >= 0.3 is 5.97 Å². The van der Waals surface area contributed by atoms with Crippen molar-refractivity contribution < 1.29 is 9.90 Å². The van der Waals surface area contributed by atoms with Crippen LogP contribution in [0, 0.1) is 41.4 Å². The Balaban J connectivity index is 1.71. The maximum absolute atomic E-state index is 10.4. The maximum Gasteiger partial charge on any atom is 0.315 e. The summed E-state index contributed by atoms with van der Waals surface area (Å²) in [6, 6.07) is 0. The van der Waals surface area contributed by atoms with E-state index in [-0.39, 0.29) is 6.42 Å². The molecule has 0 saturated heterocycles. The minimum Gasteiger partial charge on any atom is -0.481 e. The second-order valence-corrected chi connectivity index (χ2v) is 5.85. The van der Waals surface area contributed by atoms with Gasteiger partial charge in [0.05, 0.1) is 0 Å². The minimum absolute atomic E-state index is 0.0167. The van der Waals surface area contributed by atoms with Gasteiger partial charge in [0, 0.05) is 5.92 Å². The van der Waals surface area contributed by atoms with Crippen molar-refractivity contribution in [3.8, 4) is 11.8 Å². The van der Waals surface area contributed by atoms with E-state index in [9.17, 15) is 4.79 Å². The summed E-state index contributed by atoms with van der Waals surface area (Å²) in [5, 5.41) is 8.59. The summed E-state index contributed by atoms with van der Waals surface area (Å²) in [5.41, 5.74) is 0. The van der Waals surface area contributed by atoms with Crippen LogP contribution in [-0.4, -0.2) is 11.1 Å². The number of carbonyl (C=O) groups is 1. The van der Waals surface area contributed by atoms with E-state index < -0.39 is 5.97 Å². The molecule has 0 aliphatic heterocycles. The zero-order chi connectivity index (χ0) is 11.1. The lowest BCUT2D eigenvalue weighted by atomic mass is 9.52. The van der Waals surface area contributed by atoms with Gasteiger partial charge in [-0.3, -0.25) is 4.79 Å². The Labute approximate surface area is 96.4 Å². The van der Waals surface area contributed by atoms with Crippen molar-refractivity contribution in [1.82, 2.24) is 0 Å². The molecule has 0 heterocycles. The van der Waals surface area contributed by atoms with Gasteiger partial charge in [-0.1, -0.05) is 11.8 Å². The van der Waals surface area contributed by atoms with E-state index in [1.165, 1.54) is 32.1 Å². The molecule has 0 amide bonds. The van der Waals surface area contributed by atoms with Crippen molar-refractivity contribution in [3.05, 3.63) is 0 Å². The van der Waals surface area contributed by atoms with Gasteiger partial charge in [0.2, 0.25) is 0 Å². The van der Waals surface area contributed by atoms with E-state index in [0.29, 0.717) is 5.92 Å². The molecule has 0 aromatic carbocycles. The Morgan fingerprint density at radius 2 is 1.62 bits per heavy atom. The molecule has 1 N–H and O–H groups in total. The highest BCUT2D eigenvalue weighted by Crippen LogP contribution is 2.56. The van der Waals surface area contributed by atoms with Crippen LogP contribution in [0.2, 0.25) is 0 Å². The topological polar surface area (TPSA) is 37.3 Å². The van der Waals surface area contributed by atoms with Crippen molar-refractivity contribution in [2.24, 2.45) is 29.6 Å². The molecule has 0 atom stereocenters. The Morgan fingerprint density at radius 3 is 2.12 bits per heavy atom. The van der Waals surface area contributed by atoms with Crippen LogP contribution in [0.4, 0.5) is 0 Å². The monoisotopic (exact) mass is 218 g/mol. The van der Waals surface area contributed by atoms with Gasteiger partial charge in [-0.2, -0.15) is 0 Å². The fourth-order valence-electron chi connectivity index (χ4n) is 4.41. The number of rotatable bonds is 1. The second-order valence-electron chi connectivity index (χ2n) is 5.85. The van der Waals surface area contributed by atoms with E-state index in [1.54, 1.807) is 0 Å². The fraction of sp³-hybridized carbons (Fsp3) is 0.786. The first-order chi connectivity index (χ1) is 7.72. The Hall–Kier alpha value is -0.970. The van der Waals surface area contributed by atoms with Crippen molar-refractivity contribution in [3.63, 3.8) is 0 Å². The SMILES string of the molecule is O=C(O)CC#CC1C2CC3CC(C2)CC1C3. The zero-order valence-electron chi connectivity index (χ0n) is 9.48. The summed E-state index contributed by atoms with van der Waals surface area (Å²) >= 11 is 0. The van der Waals surface area contributed by atoms with E-state index in [1.807, 2.05) is 0 Å². The third-order valence-corrected chi connectivity index (χ3v) is 4.74. The van der Waals surface area contributed by atoms with Gasteiger partial charge in [0.15, 0.2) is 0 Å². The lowest BCUT2D eigenvalue weighted by molar-refractivity contribution is -0.135. The van der Waals surface area contributed by atoms with Crippen LogP contribution in [0.5, 0.6) is 0 Å². The fourth-order valence-corrected chi connectivity index (χ4v) is 4.41. The zero-order valence-corrected chi connectivity index (χ0v) is 9.48. The van der Waals surface area contributed by atoms with E-state index in [2.05, 4.69) is 11.8 Å². The lowest BCUT2D eigenvalue weighted by Crippen LogP contribution is -2.44. The molecule has 16 heavy (non-hydrogen) atoms. The smallest absolute Gasteiger partial charge is 0.315 e. The molecule has 4 rings (SSSR count). The van der Waals surface area contributed by atoms with Crippen molar-refractivity contribution in [2.75, 3.05) is 0 Å². The van der Waals surface area contributed by atoms with E-state index >= 15 is 0 Å². The predicted octanol–water partition coefficient (Wildman–Crippen LogP) is 2.54. The second kappa shape index (κ2) is 3.80. The molecule has 2 nitrogen and oxygen atoms in total. The molecule has 4 saturated carbocycles. The average Bonchev–Trinajstić information content (AvgIpc) is 2.20. The molecule has 0 unspecified atom stereocenters. The summed E-state index contributed by atoms with van der Waals surface area (Å²) in [7, 11) is 0. The molecule has 2 heteroatoms. The van der Waals surface area contributed by atoms with E-state index in [0.717, 1.165) is 23.7 Å². The summed E-state index contributed by atoms with van der Waals surface area (Å²) in [5.74, 6) is 9.38. The van der Waals surface area contributed by atoms with Crippen molar-refractivity contribution in [2.45, 2.75) is 38.5 Å². The lowest BCUT2D eigenvalue weighted by Gasteiger charge is -2.52. The van der Waals surface area contributed by atoms with Crippen LogP contribution < -0.4 is 0 Å². The van der Waals surface area contributed by atoms with Crippen molar-refractivity contribution in [1.29, 1.82) is 0 Å². The third kappa shape index (κ3) is 1.73. The predicted molar refractivity (Wildman–Crippen MR) is 60.6 cm³/mol. The summed E-state index contributed by atoms with van der Waals surface area (Å²) in [6.07, 6.45) is 6.92. The number of aliphatic carboxylic acids is 1. The molecule has 4 fully saturated rings. The van der Waals surface area contributed by atoms with Crippen LogP contribution in [-0.2, 0) is 4.79 Å². The Bertz CT molecular complexity index is 333. The van der Waals surface area contributed by atoms with Gasteiger partial charge in [0.25, 0.3) is 0 Å². The average molecular weight is 218 g/mol. The number of carboxylic acids is 1. The van der Waals surface area contributed by atoms with Gasteiger partial charge in [0.1, 0.15) is 6.42 Å². The molecular weight excluding hydrogens is 200 g/mol. The molecule has 0 aromatic heterocycles. The van der Waals surface area contributed by atoms with Crippen LogP contribution >= 0.6 is 0 Å². The third-order valence-electron chi connectivity index (χ3n) is 4.74. The van der Waals surface area contributed by atoms with E-state index in [4.69, 9.17) is 5.11 Å². The largest absolute Gasteiger partial charge is 0.481 e. The molecule has 4 aliphatic rings. The highest BCUT2D eigenvalue weighted by Gasteiger charge is 2.47. The summed E-state index contributed by atoms with van der Waals surface area (Å²) in [4.78, 5) is 10.4. The van der Waals surface area contributed by atoms with Gasteiger partial charge in [-0.05, 0) is 55.8 Å². The molecule has 0 spiro atoms. The first-order valence-electron chi connectivity index (χ1n) is 6.42. The first-order valence-corrected chi connectivity index (χ1v) is 6.42. The van der Waals surface area contributed by atoms with Gasteiger partial charge in [-0.15, -0.1) is 0 Å². The number of hydrogen-bond donors (Lipinski definition) is 1. The molecule has 4 bridgehead atoms. The normalized spacial score (nSPS) is 43.9. The van der Waals surface area contributed by atoms with Crippen LogP contribution in [0.1, 0.15) is 38.5 Å². The van der Waals surface area contributed by atoms with Gasteiger partial charge < -0.3 is 5.11 Å². The van der Waals surface area contributed by atoms with Crippen LogP contribution in [0.25, 0.3) is 0 Å². The summed E-state index contributed by atoms with van der Waals surface area (Å²) in [6.45, 7) is 0. The maximum atomic E-state index is 10.4. The number of hydrogen-bond acceptors (Lipinski definition) is 1. The molecule has 4 aliphatic carbocycles. The van der Waals surface area contributed by atoms with Crippen LogP contribution in [0.15, 0.2) is 0 Å². The highest BCUT2D eigenvalue weighted by atomic mass is 16.4. The quantitative estimate of drug-likeness (QED) is 0.687. The molecular formula is C14H18O2. The summed E-state index contributed by atoms with van der Waals surface area (Å²) < 4.78 is 0. The molecule has 86 valence electrons. The highest BCUT2D eigenvalue weighted by molar-refractivity contribution is 5.69. The number of carboxylic acid groups (broad SMARTS) is 1. The Morgan fingerprint density at radius 1 is 1.06 bits per heavy atom. The molecule has 0 aromatic rings.